The van der Waals surface area contributed by atoms with Crippen LogP contribution in [0.4, 0.5) is 0 Å². The van der Waals surface area contributed by atoms with Crippen LogP contribution in [-0.2, 0) is 0 Å². The minimum Gasteiger partial charge on any atom is -0.309 e. The summed E-state index contributed by atoms with van der Waals surface area (Å²) in [6, 6.07) is 84.2. The molecule has 10 aromatic carbocycles. The van der Waals surface area contributed by atoms with Crippen molar-refractivity contribution in [1.29, 1.82) is 0 Å². The van der Waals surface area contributed by atoms with Crippen molar-refractivity contribution in [2.24, 2.45) is 0 Å². The first-order valence-corrected chi connectivity index (χ1v) is 22.4. The fourth-order valence-corrected chi connectivity index (χ4v) is 9.94. The van der Waals surface area contributed by atoms with Crippen molar-refractivity contribution >= 4 is 54.4 Å². The average Bonchev–Trinajstić information content (AvgIpc) is 3.93. The topological polar surface area (TPSA) is 48.5 Å². The van der Waals surface area contributed by atoms with E-state index in [0.717, 1.165) is 50.1 Å². The quantitative estimate of drug-likeness (QED) is 0.161. The molecule has 0 aliphatic rings. The lowest BCUT2D eigenvalue weighted by Crippen LogP contribution is -2.01. The molecule has 66 heavy (non-hydrogen) atoms. The Labute approximate surface area is 381 Å². The summed E-state index contributed by atoms with van der Waals surface area (Å²) < 4.78 is 4.89. The first kappa shape index (κ1) is 37.6. The molecule has 0 N–H and O–H groups in total. The lowest BCUT2D eigenvalue weighted by molar-refractivity contribution is 1.07. The maximum absolute atomic E-state index is 5.10. The van der Waals surface area contributed by atoms with Gasteiger partial charge in [0, 0.05) is 49.6 Å². The number of nitrogens with zero attached hydrogens (tertiary/aromatic N) is 5. The zero-order valence-corrected chi connectivity index (χ0v) is 35.8. The molecule has 308 valence electrons. The predicted molar refractivity (Wildman–Crippen MR) is 273 cm³/mol. The van der Waals surface area contributed by atoms with E-state index >= 15 is 0 Å². The number of fused-ring (bicyclic) bond motifs is 9. The Hall–Kier alpha value is -8.93. The number of rotatable bonds is 7. The molecule has 0 atom stereocenters. The summed E-state index contributed by atoms with van der Waals surface area (Å²) >= 11 is 0. The van der Waals surface area contributed by atoms with Gasteiger partial charge in [-0.25, -0.2) is 15.0 Å². The minimum atomic E-state index is 0.620. The molecule has 0 aliphatic heterocycles. The monoisotopic (exact) mass is 841 g/mol. The molecular weight excluding hydrogens is 803 g/mol. The number of benzene rings is 10. The normalized spacial score (nSPS) is 11.6. The fraction of sp³-hybridized carbons (Fsp3) is 0. The van der Waals surface area contributed by atoms with E-state index in [0.29, 0.717) is 17.5 Å². The number of para-hydroxylation sites is 1. The van der Waals surface area contributed by atoms with E-state index < -0.39 is 0 Å². The van der Waals surface area contributed by atoms with E-state index in [4.69, 9.17) is 15.0 Å². The van der Waals surface area contributed by atoms with E-state index in [1.54, 1.807) is 0 Å². The van der Waals surface area contributed by atoms with Crippen molar-refractivity contribution in [3.05, 3.63) is 237 Å². The van der Waals surface area contributed by atoms with Crippen molar-refractivity contribution in [2.75, 3.05) is 0 Å². The third-order valence-electron chi connectivity index (χ3n) is 12.9. The highest BCUT2D eigenvalue weighted by atomic mass is 15.0. The fourth-order valence-electron chi connectivity index (χ4n) is 9.94. The maximum Gasteiger partial charge on any atom is 0.164 e. The van der Waals surface area contributed by atoms with Crippen LogP contribution in [0.25, 0.3) is 122 Å². The lowest BCUT2D eigenvalue weighted by Gasteiger charge is -2.14. The Morgan fingerprint density at radius 3 is 1.27 bits per heavy atom. The van der Waals surface area contributed by atoms with Gasteiger partial charge in [0.25, 0.3) is 0 Å². The Bertz CT molecular complexity index is 3850. The minimum absolute atomic E-state index is 0.620. The molecule has 0 radical (unpaired) electrons. The standard InChI is InChI=1S/C61H39N5/c1-5-18-40(19-6-1)46-36-47(41-20-7-2-8-21-41)39-49(38-46)66-53-33-32-42-22-13-14-29-50(42)56(53)58-55(66)35-34-54-57(58)51-30-15-16-31-52(51)65(54)48-28-17-27-45(37-48)61-63-59(43-23-9-3-10-24-43)62-60(64-61)44-25-11-4-12-26-44/h1-39H. The van der Waals surface area contributed by atoms with Crippen LogP contribution < -0.4 is 0 Å². The molecule has 0 spiro atoms. The van der Waals surface area contributed by atoms with Crippen LogP contribution >= 0.6 is 0 Å². The molecule has 13 rings (SSSR count). The van der Waals surface area contributed by atoms with Crippen LogP contribution in [0.1, 0.15) is 0 Å². The summed E-state index contributed by atoms with van der Waals surface area (Å²) in [5.74, 6) is 1.89. The molecule has 3 aromatic heterocycles. The second kappa shape index (κ2) is 15.4. The molecule has 0 saturated heterocycles. The van der Waals surface area contributed by atoms with Gasteiger partial charge < -0.3 is 9.13 Å². The Kier molecular flexibility index (Phi) is 8.78. The van der Waals surface area contributed by atoms with Crippen LogP contribution in [0, 0.1) is 0 Å². The number of aromatic nitrogens is 5. The van der Waals surface area contributed by atoms with Crippen molar-refractivity contribution in [3.8, 4) is 67.8 Å². The second-order valence-electron chi connectivity index (χ2n) is 16.8. The summed E-state index contributed by atoms with van der Waals surface area (Å²) in [5, 5.41) is 7.32. The van der Waals surface area contributed by atoms with Gasteiger partial charge in [0.1, 0.15) is 0 Å². The Morgan fingerprint density at radius 1 is 0.242 bits per heavy atom. The van der Waals surface area contributed by atoms with Gasteiger partial charge in [0.05, 0.1) is 22.1 Å². The zero-order chi connectivity index (χ0) is 43.6. The van der Waals surface area contributed by atoms with E-state index in [1.165, 1.54) is 54.6 Å². The van der Waals surface area contributed by atoms with Crippen molar-refractivity contribution in [2.45, 2.75) is 0 Å². The van der Waals surface area contributed by atoms with Gasteiger partial charge in [0.15, 0.2) is 17.5 Å². The van der Waals surface area contributed by atoms with Crippen LogP contribution in [0.15, 0.2) is 237 Å². The molecule has 3 heterocycles. The highest BCUT2D eigenvalue weighted by molar-refractivity contribution is 6.33. The SMILES string of the molecule is c1ccc(-c2cc(-c3ccccc3)cc(-n3c4ccc5ccccc5c4c4c5c6ccccc6n(-c6cccc(-c7nc(-c8ccccc8)nc(-c8ccccc8)n7)c6)c5ccc43)c2)cc1. The third kappa shape index (κ3) is 6.21. The number of hydrogen-bond donors (Lipinski definition) is 0. The molecule has 0 aliphatic carbocycles. The first-order valence-electron chi connectivity index (χ1n) is 22.4. The largest absolute Gasteiger partial charge is 0.309 e. The first-order chi connectivity index (χ1) is 32.7. The van der Waals surface area contributed by atoms with Gasteiger partial charge in [-0.15, -0.1) is 0 Å². The van der Waals surface area contributed by atoms with Gasteiger partial charge in [0.2, 0.25) is 0 Å². The summed E-state index contributed by atoms with van der Waals surface area (Å²) in [6.07, 6.45) is 0. The highest BCUT2D eigenvalue weighted by Gasteiger charge is 2.23. The smallest absolute Gasteiger partial charge is 0.164 e. The maximum atomic E-state index is 5.10. The van der Waals surface area contributed by atoms with Gasteiger partial charge in [-0.3, -0.25) is 0 Å². The summed E-state index contributed by atoms with van der Waals surface area (Å²) in [7, 11) is 0. The molecule has 0 fully saturated rings. The molecule has 5 heteroatoms. The van der Waals surface area contributed by atoms with E-state index in [1.807, 2.05) is 60.7 Å². The van der Waals surface area contributed by atoms with Crippen molar-refractivity contribution < 1.29 is 0 Å². The lowest BCUT2D eigenvalue weighted by atomic mass is 9.98. The van der Waals surface area contributed by atoms with Crippen LogP contribution in [0.2, 0.25) is 0 Å². The predicted octanol–water partition coefficient (Wildman–Crippen LogP) is 15.6. The van der Waals surface area contributed by atoms with E-state index in [9.17, 15) is 0 Å². The van der Waals surface area contributed by atoms with Gasteiger partial charge in [-0.05, 0) is 87.6 Å². The van der Waals surface area contributed by atoms with E-state index in [2.05, 4.69) is 185 Å². The number of hydrogen-bond acceptors (Lipinski definition) is 3. The summed E-state index contributed by atoms with van der Waals surface area (Å²) in [4.78, 5) is 15.2. The van der Waals surface area contributed by atoms with Crippen LogP contribution in [0.3, 0.4) is 0 Å². The van der Waals surface area contributed by atoms with Crippen molar-refractivity contribution in [3.63, 3.8) is 0 Å². The van der Waals surface area contributed by atoms with Crippen molar-refractivity contribution in [1.82, 2.24) is 24.1 Å². The zero-order valence-electron chi connectivity index (χ0n) is 35.8. The van der Waals surface area contributed by atoms with Gasteiger partial charge in [-0.2, -0.15) is 0 Å². The Balaban J connectivity index is 1.08. The molecular formula is C61H39N5. The van der Waals surface area contributed by atoms with E-state index in [-0.39, 0.29) is 0 Å². The van der Waals surface area contributed by atoms with Crippen LogP contribution in [-0.4, -0.2) is 24.1 Å². The van der Waals surface area contributed by atoms with Gasteiger partial charge in [-0.1, -0.05) is 182 Å². The summed E-state index contributed by atoms with van der Waals surface area (Å²) in [5.41, 5.74) is 14.2. The molecule has 0 unspecified atom stereocenters. The van der Waals surface area contributed by atoms with Gasteiger partial charge >= 0.3 is 0 Å². The third-order valence-corrected chi connectivity index (χ3v) is 12.9. The molecule has 13 aromatic rings. The molecule has 0 saturated carbocycles. The molecule has 5 nitrogen and oxygen atoms in total. The van der Waals surface area contributed by atoms with Crippen LogP contribution in [0.5, 0.6) is 0 Å². The molecule has 0 bridgehead atoms. The summed E-state index contributed by atoms with van der Waals surface area (Å²) in [6.45, 7) is 0. The second-order valence-corrected chi connectivity index (χ2v) is 16.8. The molecule has 0 amide bonds. The Morgan fingerprint density at radius 2 is 0.667 bits per heavy atom. The highest BCUT2D eigenvalue weighted by Crippen LogP contribution is 2.45. The average molecular weight is 842 g/mol.